The van der Waals surface area contributed by atoms with Crippen LogP contribution in [0.2, 0.25) is 0 Å². The van der Waals surface area contributed by atoms with E-state index in [-0.39, 0.29) is 5.91 Å². The maximum atomic E-state index is 12.5. The number of hydrogen-bond acceptors (Lipinski definition) is 5. The van der Waals surface area contributed by atoms with Gasteiger partial charge in [0.15, 0.2) is 0 Å². The highest BCUT2D eigenvalue weighted by molar-refractivity contribution is 5.79. The van der Waals surface area contributed by atoms with Gasteiger partial charge in [-0.3, -0.25) is 9.36 Å². The number of aromatic nitrogens is 4. The summed E-state index contributed by atoms with van der Waals surface area (Å²) in [5.74, 6) is 2.59. The summed E-state index contributed by atoms with van der Waals surface area (Å²) in [7, 11) is 0. The third-order valence-corrected chi connectivity index (χ3v) is 4.73. The number of amides is 1. The van der Waals surface area contributed by atoms with Crippen molar-refractivity contribution in [1.82, 2.24) is 24.4 Å². The average Bonchev–Trinajstić information content (AvgIpc) is 3.23. The molecule has 1 amide bonds. The first-order valence-corrected chi connectivity index (χ1v) is 9.10. The van der Waals surface area contributed by atoms with Gasteiger partial charge in [-0.25, -0.2) is 15.0 Å². The first kappa shape index (κ1) is 17.2. The summed E-state index contributed by atoms with van der Waals surface area (Å²) in [5.41, 5.74) is 1.06. The Morgan fingerprint density at radius 1 is 1.04 bits per heavy atom. The van der Waals surface area contributed by atoms with E-state index in [1.165, 1.54) is 0 Å². The molecule has 1 aliphatic heterocycles. The van der Waals surface area contributed by atoms with Crippen molar-refractivity contribution in [2.45, 2.75) is 13.3 Å². The van der Waals surface area contributed by atoms with Gasteiger partial charge in [0.25, 0.3) is 0 Å². The summed E-state index contributed by atoms with van der Waals surface area (Å²) in [6.07, 6.45) is 5.78. The molecule has 2 aromatic heterocycles. The first-order chi connectivity index (χ1) is 13.2. The van der Waals surface area contributed by atoms with Crippen LogP contribution in [0.25, 0.3) is 5.82 Å². The molecule has 0 radical (unpaired) electrons. The average molecular weight is 362 g/mol. The zero-order chi connectivity index (χ0) is 18.6. The highest BCUT2D eigenvalue weighted by Crippen LogP contribution is 2.18. The second-order valence-electron chi connectivity index (χ2n) is 6.63. The van der Waals surface area contributed by atoms with Crippen LogP contribution in [0.5, 0.6) is 0 Å². The second kappa shape index (κ2) is 7.57. The van der Waals surface area contributed by atoms with Gasteiger partial charge in [-0.15, -0.1) is 0 Å². The largest absolute Gasteiger partial charge is 0.353 e. The van der Waals surface area contributed by atoms with Gasteiger partial charge in [-0.05, 0) is 12.5 Å². The zero-order valence-electron chi connectivity index (χ0n) is 15.3. The monoisotopic (exact) mass is 362 g/mol. The van der Waals surface area contributed by atoms with Crippen molar-refractivity contribution in [2.75, 3.05) is 31.1 Å². The Morgan fingerprint density at radius 2 is 1.78 bits per heavy atom. The van der Waals surface area contributed by atoms with Gasteiger partial charge in [0.1, 0.15) is 23.8 Å². The lowest BCUT2D eigenvalue weighted by Gasteiger charge is -2.35. The Morgan fingerprint density at radius 3 is 2.48 bits per heavy atom. The molecule has 0 atom stereocenters. The van der Waals surface area contributed by atoms with Crippen molar-refractivity contribution >= 4 is 11.7 Å². The van der Waals surface area contributed by atoms with Crippen molar-refractivity contribution in [3.05, 3.63) is 66.5 Å². The fourth-order valence-electron chi connectivity index (χ4n) is 3.29. The number of hydrogen-bond donors (Lipinski definition) is 0. The molecule has 3 aromatic rings. The number of imidazole rings is 1. The predicted molar refractivity (Wildman–Crippen MR) is 103 cm³/mol. The van der Waals surface area contributed by atoms with Gasteiger partial charge in [0.05, 0.1) is 6.42 Å². The fraction of sp³-hybridized carbons (Fsp3) is 0.300. The molecule has 0 bridgehead atoms. The van der Waals surface area contributed by atoms with E-state index >= 15 is 0 Å². The number of rotatable bonds is 4. The number of nitrogens with zero attached hydrogens (tertiary/aromatic N) is 6. The second-order valence-corrected chi connectivity index (χ2v) is 6.63. The normalized spacial score (nSPS) is 14.4. The van der Waals surface area contributed by atoms with E-state index in [0.717, 1.165) is 36.1 Å². The molecule has 0 saturated carbocycles. The van der Waals surface area contributed by atoms with Crippen LogP contribution in [0.4, 0.5) is 5.82 Å². The molecule has 0 N–H and O–H groups in total. The summed E-state index contributed by atoms with van der Waals surface area (Å²) >= 11 is 0. The molecule has 7 heteroatoms. The molecule has 0 spiro atoms. The molecular weight excluding hydrogens is 340 g/mol. The minimum Gasteiger partial charge on any atom is -0.353 e. The van der Waals surface area contributed by atoms with Crippen LogP contribution in [0, 0.1) is 6.92 Å². The minimum absolute atomic E-state index is 0.179. The van der Waals surface area contributed by atoms with E-state index < -0.39 is 0 Å². The quantitative estimate of drug-likeness (QED) is 0.709. The number of anilines is 1. The van der Waals surface area contributed by atoms with Gasteiger partial charge in [0.2, 0.25) is 5.91 Å². The maximum absolute atomic E-state index is 12.5. The van der Waals surface area contributed by atoms with Crippen molar-refractivity contribution in [3.8, 4) is 5.82 Å². The highest BCUT2D eigenvalue weighted by Gasteiger charge is 2.22. The molecule has 0 unspecified atom stereocenters. The molecule has 0 aliphatic carbocycles. The molecule has 1 aliphatic rings. The molecule has 27 heavy (non-hydrogen) atoms. The molecular formula is C20H22N6O. The molecule has 1 saturated heterocycles. The van der Waals surface area contributed by atoms with Crippen LogP contribution in [-0.2, 0) is 11.2 Å². The third kappa shape index (κ3) is 3.97. The summed E-state index contributed by atoms with van der Waals surface area (Å²) in [4.78, 5) is 29.8. The smallest absolute Gasteiger partial charge is 0.227 e. The van der Waals surface area contributed by atoms with Gasteiger partial charge in [-0.2, -0.15) is 0 Å². The summed E-state index contributed by atoms with van der Waals surface area (Å²) < 4.78 is 1.87. The first-order valence-electron chi connectivity index (χ1n) is 9.10. The predicted octanol–water partition coefficient (Wildman–Crippen LogP) is 1.86. The van der Waals surface area contributed by atoms with Gasteiger partial charge in [0, 0.05) is 44.6 Å². The number of piperazine rings is 1. The zero-order valence-corrected chi connectivity index (χ0v) is 15.3. The molecule has 1 aromatic carbocycles. The van der Waals surface area contributed by atoms with Crippen molar-refractivity contribution in [1.29, 1.82) is 0 Å². The summed E-state index contributed by atoms with van der Waals surface area (Å²) in [6, 6.07) is 11.9. The van der Waals surface area contributed by atoms with Crippen molar-refractivity contribution in [3.63, 3.8) is 0 Å². The van der Waals surface area contributed by atoms with Crippen LogP contribution in [0.1, 0.15) is 11.4 Å². The van der Waals surface area contributed by atoms with Crippen molar-refractivity contribution < 1.29 is 4.79 Å². The van der Waals surface area contributed by atoms with E-state index in [1.54, 1.807) is 12.5 Å². The molecule has 138 valence electrons. The lowest BCUT2D eigenvalue weighted by atomic mass is 10.1. The van der Waals surface area contributed by atoms with E-state index in [4.69, 9.17) is 0 Å². The van der Waals surface area contributed by atoms with Gasteiger partial charge in [-0.1, -0.05) is 30.3 Å². The Hall–Kier alpha value is -3.22. The summed E-state index contributed by atoms with van der Waals surface area (Å²) in [5, 5.41) is 0. The molecule has 4 rings (SSSR count). The molecule has 3 heterocycles. The standard InChI is InChI=1S/C20H22N6O/c1-16-22-18(14-19(23-16)26-8-7-21-15-26)24-9-11-25(12-10-24)20(27)13-17-5-3-2-4-6-17/h2-8,14-15H,9-13H2,1H3. The Labute approximate surface area is 158 Å². The van der Waals surface area contributed by atoms with E-state index in [1.807, 2.05) is 59.0 Å². The topological polar surface area (TPSA) is 67.2 Å². The van der Waals surface area contributed by atoms with Crippen LogP contribution in [0.15, 0.2) is 55.1 Å². The molecule has 7 nitrogen and oxygen atoms in total. The van der Waals surface area contributed by atoms with Crippen LogP contribution in [-0.4, -0.2) is 56.5 Å². The minimum atomic E-state index is 0.179. The number of benzene rings is 1. The number of aryl methyl sites for hydroxylation is 1. The Kier molecular flexibility index (Phi) is 4.82. The van der Waals surface area contributed by atoms with Crippen molar-refractivity contribution in [2.24, 2.45) is 0 Å². The van der Waals surface area contributed by atoms with E-state index in [9.17, 15) is 4.79 Å². The SMILES string of the molecule is Cc1nc(N2CCN(C(=O)Cc3ccccc3)CC2)cc(-n2ccnc2)n1. The molecule has 1 fully saturated rings. The van der Waals surface area contributed by atoms with Crippen LogP contribution < -0.4 is 4.90 Å². The Balaban J connectivity index is 1.41. The number of carbonyl (C=O) groups is 1. The van der Waals surface area contributed by atoms with E-state index in [2.05, 4.69) is 19.9 Å². The third-order valence-electron chi connectivity index (χ3n) is 4.73. The number of carbonyl (C=O) groups excluding carboxylic acids is 1. The van der Waals surface area contributed by atoms with Crippen LogP contribution >= 0.6 is 0 Å². The fourth-order valence-corrected chi connectivity index (χ4v) is 3.29. The lowest BCUT2D eigenvalue weighted by molar-refractivity contribution is -0.130. The summed E-state index contributed by atoms with van der Waals surface area (Å²) in [6.45, 7) is 4.83. The lowest BCUT2D eigenvalue weighted by Crippen LogP contribution is -2.49. The maximum Gasteiger partial charge on any atom is 0.227 e. The van der Waals surface area contributed by atoms with Crippen LogP contribution in [0.3, 0.4) is 0 Å². The van der Waals surface area contributed by atoms with E-state index in [0.29, 0.717) is 19.5 Å². The Bertz CT molecular complexity index is 901. The van der Waals surface area contributed by atoms with Gasteiger partial charge < -0.3 is 9.80 Å². The van der Waals surface area contributed by atoms with Gasteiger partial charge >= 0.3 is 0 Å². The highest BCUT2D eigenvalue weighted by atomic mass is 16.2.